The second-order valence-corrected chi connectivity index (χ2v) is 5.54. The molecule has 0 aliphatic rings. The quantitative estimate of drug-likeness (QED) is 0.773. The van der Waals surface area contributed by atoms with E-state index in [1.54, 1.807) is 6.33 Å². The third kappa shape index (κ3) is 3.80. The van der Waals surface area contributed by atoms with Crippen molar-refractivity contribution in [3.05, 3.63) is 12.2 Å². The van der Waals surface area contributed by atoms with E-state index in [0.717, 1.165) is 38.2 Å². The molecule has 1 N–H and O–H groups in total. The molecule has 4 heteroatoms. The molecule has 0 saturated heterocycles. The van der Waals surface area contributed by atoms with Crippen LogP contribution in [0.3, 0.4) is 0 Å². The highest BCUT2D eigenvalue weighted by Crippen LogP contribution is 2.27. The van der Waals surface area contributed by atoms with Crippen molar-refractivity contribution in [2.75, 3.05) is 6.54 Å². The van der Waals surface area contributed by atoms with E-state index >= 15 is 0 Å². The predicted molar refractivity (Wildman–Crippen MR) is 75.6 cm³/mol. The number of rotatable bonds is 8. The maximum Gasteiger partial charge on any atom is 0.138 e. The summed E-state index contributed by atoms with van der Waals surface area (Å²) in [5.74, 6) is 1.09. The summed E-state index contributed by atoms with van der Waals surface area (Å²) >= 11 is 0. The van der Waals surface area contributed by atoms with E-state index in [2.05, 4.69) is 50.0 Å². The summed E-state index contributed by atoms with van der Waals surface area (Å²) in [6.07, 6.45) is 4.94. The van der Waals surface area contributed by atoms with Gasteiger partial charge in [0.25, 0.3) is 0 Å². The molecular formula is C14H28N4. The van der Waals surface area contributed by atoms with Crippen molar-refractivity contribution < 1.29 is 0 Å². The fourth-order valence-electron chi connectivity index (χ4n) is 2.08. The average molecular weight is 252 g/mol. The van der Waals surface area contributed by atoms with Crippen LogP contribution in [0, 0.1) is 5.41 Å². The van der Waals surface area contributed by atoms with Gasteiger partial charge in [0.05, 0.1) is 0 Å². The van der Waals surface area contributed by atoms with Gasteiger partial charge >= 0.3 is 0 Å². The molecule has 1 heterocycles. The Morgan fingerprint density at radius 3 is 2.61 bits per heavy atom. The summed E-state index contributed by atoms with van der Waals surface area (Å²) in [5, 5.41) is 7.92. The molecule has 1 aromatic rings. The molecule has 1 atom stereocenters. The molecule has 0 aliphatic heterocycles. The lowest BCUT2D eigenvalue weighted by Crippen LogP contribution is -2.44. The van der Waals surface area contributed by atoms with Crippen LogP contribution in [0.25, 0.3) is 0 Å². The van der Waals surface area contributed by atoms with Crippen LogP contribution in [0.2, 0.25) is 0 Å². The molecule has 18 heavy (non-hydrogen) atoms. The van der Waals surface area contributed by atoms with Crippen molar-refractivity contribution in [1.29, 1.82) is 0 Å². The van der Waals surface area contributed by atoms with Gasteiger partial charge in [0.15, 0.2) is 0 Å². The van der Waals surface area contributed by atoms with Gasteiger partial charge in [0.2, 0.25) is 0 Å². The molecule has 0 saturated carbocycles. The topological polar surface area (TPSA) is 42.7 Å². The van der Waals surface area contributed by atoms with Crippen LogP contribution in [0.5, 0.6) is 0 Å². The zero-order valence-corrected chi connectivity index (χ0v) is 12.5. The monoisotopic (exact) mass is 252 g/mol. The number of aryl methyl sites for hydroxylation is 1. The molecule has 1 aromatic heterocycles. The van der Waals surface area contributed by atoms with E-state index in [1.165, 1.54) is 0 Å². The van der Waals surface area contributed by atoms with Crippen LogP contribution in [-0.2, 0) is 13.0 Å². The van der Waals surface area contributed by atoms with Crippen LogP contribution in [0.15, 0.2) is 6.33 Å². The first-order valence-electron chi connectivity index (χ1n) is 7.15. The highest BCUT2D eigenvalue weighted by Gasteiger charge is 2.28. The van der Waals surface area contributed by atoms with Gasteiger partial charge in [-0.05, 0) is 31.7 Å². The lowest BCUT2D eigenvalue weighted by atomic mass is 9.80. The Balaban J connectivity index is 2.78. The molecule has 0 aromatic carbocycles. The molecule has 0 fully saturated rings. The van der Waals surface area contributed by atoms with Gasteiger partial charge < -0.3 is 5.32 Å². The van der Waals surface area contributed by atoms with Crippen LogP contribution in [-0.4, -0.2) is 27.4 Å². The summed E-state index contributed by atoms with van der Waals surface area (Å²) in [6.45, 7) is 13.2. The summed E-state index contributed by atoms with van der Waals surface area (Å²) in [4.78, 5) is 4.39. The van der Waals surface area contributed by atoms with E-state index in [-0.39, 0.29) is 5.41 Å². The standard InChI is InChI=1S/C14H28N4/c1-6-9-15-12(14(4,5)7-2)10-13-16-11-17-18(13)8-3/h11-12,15H,6-10H2,1-5H3. The predicted octanol–water partition coefficient (Wildman–Crippen LogP) is 2.64. The summed E-state index contributed by atoms with van der Waals surface area (Å²) in [7, 11) is 0. The van der Waals surface area contributed by atoms with Gasteiger partial charge in [-0.1, -0.05) is 27.7 Å². The first-order valence-corrected chi connectivity index (χ1v) is 7.15. The Morgan fingerprint density at radius 1 is 1.33 bits per heavy atom. The smallest absolute Gasteiger partial charge is 0.138 e. The van der Waals surface area contributed by atoms with Gasteiger partial charge in [0, 0.05) is 19.0 Å². The van der Waals surface area contributed by atoms with Crippen molar-refractivity contribution >= 4 is 0 Å². The normalized spacial score (nSPS) is 13.8. The van der Waals surface area contributed by atoms with Crippen LogP contribution in [0.1, 0.15) is 53.3 Å². The second kappa shape index (κ2) is 6.88. The molecule has 0 radical (unpaired) electrons. The minimum Gasteiger partial charge on any atom is -0.313 e. The SMILES string of the molecule is CCCNC(Cc1ncnn1CC)C(C)(C)CC. The molecule has 4 nitrogen and oxygen atoms in total. The van der Waals surface area contributed by atoms with Gasteiger partial charge in [-0.15, -0.1) is 0 Å². The molecule has 0 amide bonds. The lowest BCUT2D eigenvalue weighted by Gasteiger charge is -2.34. The molecule has 1 rings (SSSR count). The molecule has 1 unspecified atom stereocenters. The van der Waals surface area contributed by atoms with Crippen LogP contribution in [0.4, 0.5) is 0 Å². The molecule has 104 valence electrons. The maximum atomic E-state index is 4.39. The van der Waals surface area contributed by atoms with E-state index in [0.29, 0.717) is 6.04 Å². The summed E-state index contributed by atoms with van der Waals surface area (Å²) < 4.78 is 1.99. The Bertz CT molecular complexity index is 343. The molecule has 0 spiro atoms. The first kappa shape index (κ1) is 15.2. The largest absolute Gasteiger partial charge is 0.313 e. The number of nitrogens with zero attached hydrogens (tertiary/aromatic N) is 3. The van der Waals surface area contributed by atoms with E-state index in [9.17, 15) is 0 Å². The summed E-state index contributed by atoms with van der Waals surface area (Å²) in [6, 6.07) is 0.456. The van der Waals surface area contributed by atoms with E-state index in [1.807, 2.05) is 4.68 Å². The van der Waals surface area contributed by atoms with Crippen molar-refractivity contribution in [2.24, 2.45) is 5.41 Å². The van der Waals surface area contributed by atoms with Crippen molar-refractivity contribution in [2.45, 2.75) is 66.5 Å². The minimum atomic E-state index is 0.277. The Kier molecular flexibility index (Phi) is 5.79. The Morgan fingerprint density at radius 2 is 2.06 bits per heavy atom. The third-order valence-corrected chi connectivity index (χ3v) is 3.88. The molecule has 0 bridgehead atoms. The number of aromatic nitrogens is 3. The highest BCUT2D eigenvalue weighted by atomic mass is 15.3. The molecule has 0 aliphatic carbocycles. The van der Waals surface area contributed by atoms with Crippen molar-refractivity contribution in [1.82, 2.24) is 20.1 Å². The summed E-state index contributed by atoms with van der Waals surface area (Å²) in [5.41, 5.74) is 0.277. The minimum absolute atomic E-state index is 0.277. The fourth-order valence-corrected chi connectivity index (χ4v) is 2.08. The zero-order chi connectivity index (χ0) is 13.6. The third-order valence-electron chi connectivity index (χ3n) is 3.88. The second-order valence-electron chi connectivity index (χ2n) is 5.54. The zero-order valence-electron chi connectivity index (χ0n) is 12.5. The fraction of sp³-hybridized carbons (Fsp3) is 0.857. The van der Waals surface area contributed by atoms with E-state index in [4.69, 9.17) is 0 Å². The van der Waals surface area contributed by atoms with Gasteiger partial charge in [0.1, 0.15) is 12.2 Å². The van der Waals surface area contributed by atoms with Crippen LogP contribution < -0.4 is 5.32 Å². The van der Waals surface area contributed by atoms with Crippen molar-refractivity contribution in [3.8, 4) is 0 Å². The Hall–Kier alpha value is -0.900. The highest BCUT2D eigenvalue weighted by molar-refractivity contribution is 4.95. The lowest BCUT2D eigenvalue weighted by molar-refractivity contribution is 0.226. The number of nitrogens with one attached hydrogen (secondary N) is 1. The van der Waals surface area contributed by atoms with Gasteiger partial charge in [-0.25, -0.2) is 4.98 Å². The van der Waals surface area contributed by atoms with Gasteiger partial charge in [-0.3, -0.25) is 4.68 Å². The molecular weight excluding hydrogens is 224 g/mol. The van der Waals surface area contributed by atoms with E-state index < -0.39 is 0 Å². The maximum absolute atomic E-state index is 4.39. The number of hydrogen-bond donors (Lipinski definition) is 1. The van der Waals surface area contributed by atoms with Gasteiger partial charge in [-0.2, -0.15) is 5.10 Å². The van der Waals surface area contributed by atoms with Crippen molar-refractivity contribution in [3.63, 3.8) is 0 Å². The average Bonchev–Trinajstić information content (AvgIpc) is 2.81. The Labute approximate surface area is 111 Å². The number of hydrogen-bond acceptors (Lipinski definition) is 3. The first-order chi connectivity index (χ1) is 8.55. The van der Waals surface area contributed by atoms with Crippen LogP contribution >= 0.6 is 0 Å².